The van der Waals surface area contributed by atoms with E-state index in [1.54, 1.807) is 0 Å². The summed E-state index contributed by atoms with van der Waals surface area (Å²) in [6.07, 6.45) is 51.0. The maximum Gasteiger partial charge on any atom is 0.306 e. The first-order valence-corrected chi connectivity index (χ1v) is 25.3. The minimum absolute atomic E-state index is 0.0547. The summed E-state index contributed by atoms with van der Waals surface area (Å²) in [6.45, 7) is 3.90. The Morgan fingerprint density at radius 1 is 0.581 bits per heavy atom. The molecule has 0 aliphatic heterocycles. The minimum atomic E-state index is -4.66. The number of phosphoric acid groups is 1. The molecule has 0 radical (unpaired) electrons. The van der Waals surface area contributed by atoms with Crippen LogP contribution >= 0.6 is 7.82 Å². The van der Waals surface area contributed by atoms with E-state index in [4.69, 9.17) is 18.5 Å². The lowest BCUT2D eigenvalue weighted by Gasteiger charge is -2.28. The van der Waals surface area contributed by atoms with E-state index in [9.17, 15) is 24.2 Å². The fourth-order valence-electron chi connectivity index (χ4n) is 5.96. The zero-order valence-electron chi connectivity index (χ0n) is 39.6. The van der Waals surface area contributed by atoms with Crippen molar-refractivity contribution in [2.75, 3.05) is 47.5 Å². The van der Waals surface area contributed by atoms with Crippen LogP contribution in [0.25, 0.3) is 0 Å². The molecule has 0 aliphatic carbocycles. The van der Waals surface area contributed by atoms with Gasteiger partial charge in [-0.05, 0) is 89.9 Å². The molecule has 0 bridgehead atoms. The molecule has 11 heteroatoms. The van der Waals surface area contributed by atoms with Gasteiger partial charge in [-0.1, -0.05) is 150 Å². The Bertz CT molecular complexity index is 1340. The highest BCUT2D eigenvalue weighted by atomic mass is 31.2. The van der Waals surface area contributed by atoms with Gasteiger partial charge in [0, 0.05) is 12.8 Å². The van der Waals surface area contributed by atoms with E-state index >= 15 is 0 Å². The first kappa shape index (κ1) is 59.1. The molecule has 0 heterocycles. The van der Waals surface area contributed by atoms with Crippen molar-refractivity contribution in [2.24, 2.45) is 0 Å². The largest absolute Gasteiger partial charge is 0.756 e. The zero-order valence-corrected chi connectivity index (χ0v) is 40.5. The van der Waals surface area contributed by atoms with Gasteiger partial charge in [-0.2, -0.15) is 0 Å². The summed E-state index contributed by atoms with van der Waals surface area (Å²) in [4.78, 5) is 37.6. The van der Waals surface area contributed by atoms with Gasteiger partial charge in [-0.15, -0.1) is 0 Å². The standard InChI is InChI=1S/C51H88NO9P/c1-6-8-9-10-11-12-13-14-15-16-17-18-19-20-23-26-29-32-35-38-42-50(54)58-46-49(47-60-62(56,57)59-45-44-52(3,4)5)61-51(55)43-39-36-33-30-27-24-21-22-25-28-31-34-37-41-48(53)40-7-2/h12-13,15-16,18-19,21,24-25,28,30,33-34,37,48-49,53H,6-11,14,17,20,22-23,26-27,29,31-32,35-36,38-47H2,1-5H3/b13-12-,16-15-,19-18-,24-21-,28-25-,33-30-,37-34-/t48?,49-/m1/s1. The Morgan fingerprint density at radius 3 is 1.58 bits per heavy atom. The summed E-state index contributed by atoms with van der Waals surface area (Å²) in [6, 6.07) is 0. The molecule has 1 N–H and O–H groups in total. The van der Waals surface area contributed by atoms with Crippen LogP contribution < -0.4 is 4.89 Å². The highest BCUT2D eigenvalue weighted by molar-refractivity contribution is 7.45. The second kappa shape index (κ2) is 42.1. The van der Waals surface area contributed by atoms with E-state index in [-0.39, 0.29) is 32.2 Å². The monoisotopic (exact) mass is 890 g/mol. The highest BCUT2D eigenvalue weighted by Gasteiger charge is 2.21. The Kier molecular flexibility index (Phi) is 40.2. The van der Waals surface area contributed by atoms with Crippen LogP contribution in [0.4, 0.5) is 0 Å². The second-order valence-electron chi connectivity index (χ2n) is 16.9. The molecule has 0 spiro atoms. The van der Waals surface area contributed by atoms with Crippen molar-refractivity contribution >= 4 is 19.8 Å². The SMILES string of the molecule is CCCCCC/C=C\C/C=C\C/C=C\CCCCCCCCC(=O)OC[C@H](COP(=O)([O-])OCC[N+](C)(C)C)OC(=O)CCC/C=C\C/C=C\C/C=C\C/C=C\CC(O)CCC. The van der Waals surface area contributed by atoms with Crippen LogP contribution in [0.15, 0.2) is 85.1 Å². The van der Waals surface area contributed by atoms with Crippen molar-refractivity contribution in [3.63, 3.8) is 0 Å². The molecule has 2 unspecified atom stereocenters. The molecular formula is C51H88NO9P. The summed E-state index contributed by atoms with van der Waals surface area (Å²) in [5, 5.41) is 9.75. The second-order valence-corrected chi connectivity index (χ2v) is 18.4. The van der Waals surface area contributed by atoms with E-state index in [1.807, 2.05) is 39.4 Å². The van der Waals surface area contributed by atoms with Crippen LogP contribution in [0.3, 0.4) is 0 Å². The van der Waals surface area contributed by atoms with Gasteiger partial charge in [0.25, 0.3) is 7.82 Å². The Labute approximate surface area is 378 Å². The molecule has 0 amide bonds. The van der Waals surface area contributed by atoms with Gasteiger partial charge in [0.15, 0.2) is 6.10 Å². The lowest BCUT2D eigenvalue weighted by atomic mass is 10.1. The molecule has 0 rings (SSSR count). The molecule has 0 saturated heterocycles. The van der Waals surface area contributed by atoms with Crippen molar-refractivity contribution in [3.8, 4) is 0 Å². The number of aliphatic hydroxyl groups is 1. The van der Waals surface area contributed by atoms with Crippen LogP contribution in [0.5, 0.6) is 0 Å². The first-order chi connectivity index (χ1) is 29.9. The average Bonchev–Trinajstić information content (AvgIpc) is 3.22. The van der Waals surface area contributed by atoms with Gasteiger partial charge in [0.1, 0.15) is 19.8 Å². The summed E-state index contributed by atoms with van der Waals surface area (Å²) < 4.78 is 33.9. The van der Waals surface area contributed by atoms with Crippen LogP contribution in [-0.4, -0.2) is 81.2 Å². The number of hydrogen-bond donors (Lipinski definition) is 1. The number of phosphoric ester groups is 1. The molecule has 62 heavy (non-hydrogen) atoms. The number of rotatable bonds is 42. The summed E-state index contributed by atoms with van der Waals surface area (Å²) in [7, 11) is 1.09. The normalized spacial score (nSPS) is 14.8. The fraction of sp³-hybridized carbons (Fsp3) is 0.686. The Morgan fingerprint density at radius 2 is 1.05 bits per heavy atom. The van der Waals surface area contributed by atoms with E-state index in [2.05, 4.69) is 80.7 Å². The van der Waals surface area contributed by atoms with Crippen LogP contribution in [0.2, 0.25) is 0 Å². The summed E-state index contributed by atoms with van der Waals surface area (Å²) >= 11 is 0. The van der Waals surface area contributed by atoms with Crippen molar-refractivity contribution < 1.29 is 47.2 Å². The van der Waals surface area contributed by atoms with Crippen molar-refractivity contribution in [1.82, 2.24) is 0 Å². The number of unbranched alkanes of at least 4 members (excludes halogenated alkanes) is 11. The quantitative estimate of drug-likeness (QED) is 0.0209. The predicted octanol–water partition coefficient (Wildman–Crippen LogP) is 12.3. The summed E-state index contributed by atoms with van der Waals surface area (Å²) in [5.41, 5.74) is 0. The maximum atomic E-state index is 12.7. The van der Waals surface area contributed by atoms with E-state index in [1.165, 1.54) is 32.1 Å². The van der Waals surface area contributed by atoms with Gasteiger partial charge in [0.2, 0.25) is 0 Å². The highest BCUT2D eigenvalue weighted by Crippen LogP contribution is 2.38. The lowest BCUT2D eigenvalue weighted by Crippen LogP contribution is -2.37. The van der Waals surface area contributed by atoms with Gasteiger partial charge in [-0.25, -0.2) is 0 Å². The first-order valence-electron chi connectivity index (χ1n) is 23.9. The van der Waals surface area contributed by atoms with Gasteiger partial charge >= 0.3 is 11.9 Å². The third-order valence-electron chi connectivity index (χ3n) is 9.69. The molecule has 0 fully saturated rings. The molecule has 0 aromatic rings. The smallest absolute Gasteiger partial charge is 0.306 e. The maximum absolute atomic E-state index is 12.7. The molecule has 0 saturated carbocycles. The summed E-state index contributed by atoms with van der Waals surface area (Å²) in [5.74, 6) is -0.942. The van der Waals surface area contributed by atoms with E-state index in [0.29, 0.717) is 36.7 Å². The third-order valence-corrected chi connectivity index (χ3v) is 10.7. The minimum Gasteiger partial charge on any atom is -0.756 e. The van der Waals surface area contributed by atoms with E-state index < -0.39 is 32.5 Å². The molecule has 3 atom stereocenters. The topological polar surface area (TPSA) is 131 Å². The van der Waals surface area contributed by atoms with Crippen LogP contribution in [0, 0.1) is 0 Å². The van der Waals surface area contributed by atoms with Crippen LogP contribution in [0.1, 0.15) is 168 Å². The number of allylic oxidation sites excluding steroid dienone is 13. The van der Waals surface area contributed by atoms with Gasteiger partial charge in [-0.3, -0.25) is 14.2 Å². The number of nitrogens with zero attached hydrogens (tertiary/aromatic N) is 1. The number of quaternary nitrogens is 1. The fourth-order valence-corrected chi connectivity index (χ4v) is 6.69. The number of likely N-dealkylation sites (N-methyl/N-ethyl adjacent to an activating group) is 1. The predicted molar refractivity (Wildman–Crippen MR) is 255 cm³/mol. The number of carbonyl (C=O) groups is 2. The number of ether oxygens (including phenoxy) is 2. The van der Waals surface area contributed by atoms with Crippen molar-refractivity contribution in [1.29, 1.82) is 0 Å². The number of esters is 2. The number of carbonyl (C=O) groups excluding carboxylic acids is 2. The zero-order chi connectivity index (χ0) is 45.8. The Balaban J connectivity index is 4.45. The van der Waals surface area contributed by atoms with E-state index in [0.717, 1.165) is 83.5 Å². The molecule has 0 aromatic heterocycles. The number of aliphatic hydroxyl groups excluding tert-OH is 1. The molecule has 0 aliphatic rings. The molecular weight excluding hydrogens is 802 g/mol. The average molecular weight is 890 g/mol. The van der Waals surface area contributed by atoms with Gasteiger partial charge < -0.3 is 33.0 Å². The number of hydrogen-bond acceptors (Lipinski definition) is 9. The van der Waals surface area contributed by atoms with Crippen LogP contribution in [-0.2, 0) is 32.7 Å². The lowest BCUT2D eigenvalue weighted by molar-refractivity contribution is -0.870. The molecule has 356 valence electrons. The van der Waals surface area contributed by atoms with Gasteiger partial charge in [0.05, 0.1) is 33.9 Å². The van der Waals surface area contributed by atoms with Crippen molar-refractivity contribution in [2.45, 2.75) is 180 Å². The third kappa shape index (κ3) is 45.2. The van der Waals surface area contributed by atoms with Crippen molar-refractivity contribution in [3.05, 3.63) is 85.1 Å². The molecule has 10 nitrogen and oxygen atoms in total. The molecule has 0 aromatic carbocycles. The Hall–Kier alpha value is -2.85.